The Kier molecular flexibility index (Phi) is 8.28. The highest BCUT2D eigenvalue weighted by Crippen LogP contribution is 2.59. The quantitative estimate of drug-likeness (QED) is 0.308. The highest BCUT2D eigenvalue weighted by molar-refractivity contribution is 5.66. The van der Waals surface area contributed by atoms with Gasteiger partial charge < -0.3 is 4.74 Å². The third-order valence-corrected chi connectivity index (χ3v) is 8.94. The van der Waals surface area contributed by atoms with Crippen LogP contribution in [0.5, 0.6) is 0 Å². The summed E-state index contributed by atoms with van der Waals surface area (Å²) in [6, 6.07) is 0. The highest BCUT2D eigenvalue weighted by Gasteiger charge is 2.50. The molecule has 3 rings (SSSR count). The van der Waals surface area contributed by atoms with E-state index in [1.165, 1.54) is 50.2 Å². The van der Waals surface area contributed by atoms with Gasteiger partial charge in [0.15, 0.2) is 0 Å². The van der Waals surface area contributed by atoms with Crippen LogP contribution in [0, 0.1) is 35.0 Å². The second-order valence-electron chi connectivity index (χ2n) is 11.5. The van der Waals surface area contributed by atoms with Gasteiger partial charge in [0, 0.05) is 13.3 Å². The van der Waals surface area contributed by atoms with E-state index in [9.17, 15) is 4.79 Å². The van der Waals surface area contributed by atoms with Gasteiger partial charge in [-0.15, -0.1) is 0 Å². The third-order valence-electron chi connectivity index (χ3n) is 8.94. The molecule has 0 bridgehead atoms. The summed E-state index contributed by atoms with van der Waals surface area (Å²) in [5, 5.41) is 0. The fourth-order valence-electron chi connectivity index (χ4n) is 6.57. The Labute approximate surface area is 197 Å². The molecule has 0 aromatic carbocycles. The number of rotatable bonds is 6. The van der Waals surface area contributed by atoms with E-state index in [1.807, 2.05) is 0 Å². The first-order chi connectivity index (χ1) is 15.1. The molecule has 2 heteroatoms. The molecule has 0 unspecified atom stereocenters. The van der Waals surface area contributed by atoms with Gasteiger partial charge in [-0.3, -0.25) is 4.79 Å². The van der Waals surface area contributed by atoms with Crippen LogP contribution in [0.25, 0.3) is 0 Å². The van der Waals surface area contributed by atoms with Crippen molar-refractivity contribution in [2.45, 2.75) is 99.0 Å². The molecule has 6 atom stereocenters. The van der Waals surface area contributed by atoms with Gasteiger partial charge in [0.25, 0.3) is 0 Å². The smallest absolute Gasteiger partial charge is 0.302 e. The summed E-state index contributed by atoms with van der Waals surface area (Å²) in [5.41, 5.74) is 4.54. The first-order valence-corrected chi connectivity index (χ1v) is 13.0. The lowest BCUT2D eigenvalue weighted by atomic mass is 9.61. The van der Waals surface area contributed by atoms with E-state index in [0.717, 1.165) is 25.2 Å². The molecular formula is C30H46O2. The first kappa shape index (κ1) is 25.1. The summed E-state index contributed by atoms with van der Waals surface area (Å²) in [7, 11) is 0. The fourth-order valence-corrected chi connectivity index (χ4v) is 6.57. The summed E-state index contributed by atoms with van der Waals surface area (Å²) in [6.45, 7) is 17.8. The Hall–Kier alpha value is -1.57. The molecule has 2 nitrogen and oxygen atoms in total. The lowest BCUT2D eigenvalue weighted by Crippen LogP contribution is -2.35. The second-order valence-corrected chi connectivity index (χ2v) is 11.5. The number of allylic oxidation sites excluding steroid dienone is 6. The van der Waals surface area contributed by atoms with E-state index in [2.05, 4.69) is 65.5 Å². The molecule has 0 saturated heterocycles. The van der Waals surface area contributed by atoms with Gasteiger partial charge in [0.1, 0.15) is 6.10 Å². The van der Waals surface area contributed by atoms with Gasteiger partial charge in [-0.2, -0.15) is 0 Å². The zero-order valence-corrected chi connectivity index (χ0v) is 21.5. The molecule has 3 aliphatic rings. The van der Waals surface area contributed by atoms with Crippen LogP contribution in [-0.2, 0) is 9.53 Å². The topological polar surface area (TPSA) is 26.3 Å². The van der Waals surface area contributed by atoms with E-state index in [1.54, 1.807) is 5.57 Å². The Balaban J connectivity index is 1.74. The minimum atomic E-state index is -0.175. The van der Waals surface area contributed by atoms with E-state index in [0.29, 0.717) is 29.1 Å². The largest absolute Gasteiger partial charge is 0.462 e. The minimum absolute atomic E-state index is 0.0102. The monoisotopic (exact) mass is 438 g/mol. The zero-order valence-electron chi connectivity index (χ0n) is 21.5. The van der Waals surface area contributed by atoms with Crippen LogP contribution >= 0.6 is 0 Å². The van der Waals surface area contributed by atoms with Crippen molar-refractivity contribution >= 4 is 5.97 Å². The molecule has 0 aliphatic heterocycles. The molecule has 0 radical (unpaired) electrons. The molecule has 0 spiro atoms. The molecule has 3 aliphatic carbocycles. The van der Waals surface area contributed by atoms with Crippen LogP contribution in [-0.4, -0.2) is 12.1 Å². The number of carbonyl (C=O) groups is 1. The maximum atomic E-state index is 11.4. The minimum Gasteiger partial charge on any atom is -0.462 e. The second kappa shape index (κ2) is 10.6. The van der Waals surface area contributed by atoms with Crippen molar-refractivity contribution in [2.75, 3.05) is 0 Å². The van der Waals surface area contributed by atoms with Crippen molar-refractivity contribution in [2.24, 2.45) is 35.0 Å². The average Bonchev–Trinajstić information content (AvgIpc) is 3.09. The molecular weight excluding hydrogens is 392 g/mol. The highest BCUT2D eigenvalue weighted by atomic mass is 16.5. The van der Waals surface area contributed by atoms with Gasteiger partial charge in [0.05, 0.1) is 0 Å². The summed E-state index contributed by atoms with van der Waals surface area (Å²) >= 11 is 0. The molecule has 3 fully saturated rings. The molecule has 3 saturated carbocycles. The number of esters is 1. The maximum Gasteiger partial charge on any atom is 0.302 e. The molecule has 178 valence electrons. The molecule has 0 N–H and O–H groups in total. The van der Waals surface area contributed by atoms with Crippen LogP contribution in [0.1, 0.15) is 92.9 Å². The number of hydrogen-bond acceptors (Lipinski definition) is 2. The van der Waals surface area contributed by atoms with Crippen molar-refractivity contribution < 1.29 is 9.53 Å². The first-order valence-electron chi connectivity index (χ1n) is 13.0. The fraction of sp³-hybridized carbons (Fsp3) is 0.700. The SMILES string of the molecule is C=C1CC[C@H](OC(C)=O)C/C1=C/C=C1\CCC[C@]2(C)[C@@H]([C@H](C)/C=C/[C@H](C)C(C)C)CC[C@@H]12. The van der Waals surface area contributed by atoms with Crippen LogP contribution < -0.4 is 0 Å². The van der Waals surface area contributed by atoms with Gasteiger partial charge in [-0.25, -0.2) is 0 Å². The Morgan fingerprint density at radius 3 is 2.53 bits per heavy atom. The Bertz CT molecular complexity index is 783. The number of fused-ring (bicyclic) bond motifs is 1. The normalized spacial score (nSPS) is 35.5. The Morgan fingerprint density at radius 2 is 1.84 bits per heavy atom. The standard InChI is InChI=1S/C30H46O2/c1-20(2)21(3)10-11-23(5)28-16-17-29-25(9-8-18-30(28,29)7)13-14-26-19-27(32-24(6)31)15-12-22(26)4/h10-11,13-14,20-21,23,27-29H,4,8-9,12,15-19H2,1-3,5-7H3/b11-10+,25-13+,26-14-/t21-,23+,27-,28+,29-,30+/m0/s1. The van der Waals surface area contributed by atoms with Crippen molar-refractivity contribution in [3.05, 3.63) is 47.6 Å². The zero-order chi connectivity index (χ0) is 23.5. The van der Waals surface area contributed by atoms with Crippen LogP contribution in [0.2, 0.25) is 0 Å². The number of carbonyl (C=O) groups excluding carboxylic acids is 1. The van der Waals surface area contributed by atoms with Crippen LogP contribution in [0.15, 0.2) is 47.6 Å². The summed E-state index contributed by atoms with van der Waals surface area (Å²) in [5.74, 6) is 3.31. The van der Waals surface area contributed by atoms with E-state index in [4.69, 9.17) is 4.74 Å². The predicted octanol–water partition coefficient (Wildman–Crippen LogP) is 8.21. The van der Waals surface area contributed by atoms with Gasteiger partial charge >= 0.3 is 5.97 Å². The van der Waals surface area contributed by atoms with Crippen molar-refractivity contribution in [3.8, 4) is 0 Å². The van der Waals surface area contributed by atoms with Gasteiger partial charge in [0.2, 0.25) is 0 Å². The molecule has 32 heavy (non-hydrogen) atoms. The van der Waals surface area contributed by atoms with Crippen LogP contribution in [0.4, 0.5) is 0 Å². The van der Waals surface area contributed by atoms with Gasteiger partial charge in [-0.05, 0) is 85.5 Å². The lowest BCUT2D eigenvalue weighted by Gasteiger charge is -2.44. The third kappa shape index (κ3) is 5.67. The molecule has 0 aromatic heterocycles. The maximum absolute atomic E-state index is 11.4. The summed E-state index contributed by atoms with van der Waals surface area (Å²) < 4.78 is 5.49. The average molecular weight is 439 g/mol. The Morgan fingerprint density at radius 1 is 1.09 bits per heavy atom. The predicted molar refractivity (Wildman–Crippen MR) is 135 cm³/mol. The van der Waals surface area contributed by atoms with Crippen molar-refractivity contribution in [1.82, 2.24) is 0 Å². The van der Waals surface area contributed by atoms with Gasteiger partial charge in [-0.1, -0.05) is 76.6 Å². The lowest BCUT2D eigenvalue weighted by molar-refractivity contribution is -0.146. The van der Waals surface area contributed by atoms with E-state index < -0.39 is 0 Å². The van der Waals surface area contributed by atoms with Crippen molar-refractivity contribution in [3.63, 3.8) is 0 Å². The van der Waals surface area contributed by atoms with E-state index in [-0.39, 0.29) is 12.1 Å². The summed E-state index contributed by atoms with van der Waals surface area (Å²) in [4.78, 5) is 11.4. The van der Waals surface area contributed by atoms with Crippen molar-refractivity contribution in [1.29, 1.82) is 0 Å². The molecule has 0 heterocycles. The summed E-state index contributed by atoms with van der Waals surface area (Å²) in [6.07, 6.45) is 18.9. The molecule has 0 aromatic rings. The van der Waals surface area contributed by atoms with E-state index >= 15 is 0 Å². The number of hydrogen-bond donors (Lipinski definition) is 0. The van der Waals surface area contributed by atoms with Crippen LogP contribution in [0.3, 0.4) is 0 Å². The number of ether oxygens (including phenoxy) is 1. The molecule has 0 amide bonds.